The van der Waals surface area contributed by atoms with Gasteiger partial charge in [0.15, 0.2) is 5.96 Å². The highest BCUT2D eigenvalue weighted by Crippen LogP contribution is 2.17. The van der Waals surface area contributed by atoms with E-state index < -0.39 is 0 Å². The minimum atomic E-state index is 0.480. The van der Waals surface area contributed by atoms with E-state index in [-0.39, 0.29) is 0 Å². The van der Waals surface area contributed by atoms with E-state index in [1.807, 2.05) is 12.1 Å². The normalized spacial score (nSPS) is 15.3. The summed E-state index contributed by atoms with van der Waals surface area (Å²) >= 11 is 0. The summed E-state index contributed by atoms with van der Waals surface area (Å²) in [5.74, 6) is 0.480. The number of aliphatic imine (C=N–C) groups is 1. The number of hydrogen-bond donors (Lipinski definition) is 2. The van der Waals surface area contributed by atoms with Gasteiger partial charge in [-0.05, 0) is 42.2 Å². The highest BCUT2D eigenvalue weighted by molar-refractivity contribution is 5.92. The Morgan fingerprint density at radius 1 is 1.17 bits per heavy atom. The van der Waals surface area contributed by atoms with Crippen molar-refractivity contribution in [2.75, 3.05) is 25.0 Å². The minimum Gasteiger partial charge on any atom is -0.370 e. The van der Waals surface area contributed by atoms with Crippen molar-refractivity contribution in [2.45, 2.75) is 19.9 Å². The lowest BCUT2D eigenvalue weighted by Crippen LogP contribution is -2.33. The molecule has 0 atom stereocenters. The Bertz CT molecular complexity index is 693. The zero-order valence-electron chi connectivity index (χ0n) is 13.6. The van der Waals surface area contributed by atoms with Gasteiger partial charge in [0.1, 0.15) is 0 Å². The quantitative estimate of drug-likeness (QED) is 0.674. The van der Waals surface area contributed by atoms with Crippen LogP contribution >= 0.6 is 0 Å². The Morgan fingerprint density at radius 2 is 2.00 bits per heavy atom. The van der Waals surface area contributed by atoms with E-state index in [0.717, 1.165) is 31.7 Å². The highest BCUT2D eigenvalue weighted by Gasteiger charge is 2.14. The fourth-order valence-electron chi connectivity index (χ4n) is 2.97. The molecule has 1 heterocycles. The maximum absolute atomic E-state index is 5.97. The topological polar surface area (TPSA) is 53.6 Å². The van der Waals surface area contributed by atoms with Crippen LogP contribution in [0.15, 0.2) is 53.5 Å². The standard InChI is InChI=1S/C19H24N4/c1-15-5-4-8-18(13-15)22-19(20)21-10-12-23-11-9-16-6-2-3-7-17(16)14-23/h2-8,13H,9-12,14H2,1H3,(H3,20,21,22). The molecule has 0 saturated heterocycles. The van der Waals surface area contributed by atoms with Crippen LogP contribution in [-0.4, -0.2) is 30.5 Å². The third kappa shape index (κ3) is 4.33. The predicted molar refractivity (Wildman–Crippen MR) is 96.7 cm³/mol. The number of hydrogen-bond acceptors (Lipinski definition) is 2. The van der Waals surface area contributed by atoms with Crippen molar-refractivity contribution in [3.05, 3.63) is 65.2 Å². The fraction of sp³-hybridized carbons (Fsp3) is 0.316. The largest absolute Gasteiger partial charge is 0.370 e. The molecule has 23 heavy (non-hydrogen) atoms. The Balaban J connectivity index is 1.49. The molecule has 3 rings (SSSR count). The molecule has 0 spiro atoms. The van der Waals surface area contributed by atoms with Crippen molar-refractivity contribution in [1.82, 2.24) is 4.90 Å². The Labute approximate surface area is 138 Å². The number of fused-ring (bicyclic) bond motifs is 1. The molecule has 0 bridgehead atoms. The van der Waals surface area contributed by atoms with Gasteiger partial charge in [0.2, 0.25) is 0 Å². The molecule has 0 aliphatic carbocycles. The molecule has 0 saturated carbocycles. The first kappa shape index (κ1) is 15.6. The van der Waals surface area contributed by atoms with Crippen LogP contribution in [0.2, 0.25) is 0 Å². The maximum atomic E-state index is 5.97. The number of nitrogens with zero attached hydrogens (tertiary/aromatic N) is 2. The van der Waals surface area contributed by atoms with Gasteiger partial charge in [-0.1, -0.05) is 36.4 Å². The van der Waals surface area contributed by atoms with Crippen LogP contribution < -0.4 is 11.1 Å². The molecule has 3 N–H and O–H groups in total. The van der Waals surface area contributed by atoms with Gasteiger partial charge < -0.3 is 11.1 Å². The zero-order valence-corrected chi connectivity index (χ0v) is 13.6. The second kappa shape index (κ2) is 7.29. The van der Waals surface area contributed by atoms with Crippen molar-refractivity contribution in [1.29, 1.82) is 0 Å². The SMILES string of the molecule is Cc1cccc(NC(N)=NCCN2CCc3ccccc3C2)c1. The molecule has 0 amide bonds. The van der Waals surface area contributed by atoms with E-state index in [2.05, 4.69) is 58.5 Å². The second-order valence-corrected chi connectivity index (χ2v) is 6.06. The van der Waals surface area contributed by atoms with Crippen LogP contribution in [0.3, 0.4) is 0 Å². The van der Waals surface area contributed by atoms with Gasteiger partial charge in [-0.15, -0.1) is 0 Å². The van der Waals surface area contributed by atoms with Gasteiger partial charge in [-0.3, -0.25) is 9.89 Å². The molecule has 2 aromatic rings. The maximum Gasteiger partial charge on any atom is 0.193 e. The number of aryl methyl sites for hydroxylation is 1. The smallest absolute Gasteiger partial charge is 0.193 e. The first-order valence-corrected chi connectivity index (χ1v) is 8.13. The number of rotatable bonds is 4. The number of anilines is 1. The molecule has 2 aromatic carbocycles. The summed E-state index contributed by atoms with van der Waals surface area (Å²) < 4.78 is 0. The zero-order chi connectivity index (χ0) is 16.1. The second-order valence-electron chi connectivity index (χ2n) is 6.06. The van der Waals surface area contributed by atoms with Crippen molar-refractivity contribution in [2.24, 2.45) is 10.7 Å². The van der Waals surface area contributed by atoms with Gasteiger partial charge in [-0.2, -0.15) is 0 Å². The van der Waals surface area contributed by atoms with Gasteiger partial charge in [0, 0.05) is 25.3 Å². The van der Waals surface area contributed by atoms with Crippen LogP contribution in [-0.2, 0) is 13.0 Å². The average molecular weight is 308 g/mol. The first-order valence-electron chi connectivity index (χ1n) is 8.13. The van der Waals surface area contributed by atoms with Crippen LogP contribution in [0.4, 0.5) is 5.69 Å². The Hall–Kier alpha value is -2.33. The predicted octanol–water partition coefficient (Wildman–Crippen LogP) is 2.78. The molecule has 4 heteroatoms. The monoisotopic (exact) mass is 308 g/mol. The lowest BCUT2D eigenvalue weighted by Gasteiger charge is -2.28. The van der Waals surface area contributed by atoms with Gasteiger partial charge in [0.25, 0.3) is 0 Å². The summed E-state index contributed by atoms with van der Waals surface area (Å²) in [5, 5.41) is 3.15. The summed E-state index contributed by atoms with van der Waals surface area (Å²) in [7, 11) is 0. The van der Waals surface area contributed by atoms with Crippen molar-refractivity contribution in [3.8, 4) is 0 Å². The van der Waals surface area contributed by atoms with Crippen molar-refractivity contribution < 1.29 is 0 Å². The highest BCUT2D eigenvalue weighted by atomic mass is 15.2. The molecule has 1 aliphatic heterocycles. The summed E-state index contributed by atoms with van der Waals surface area (Å²) in [6.45, 7) is 5.82. The van der Waals surface area contributed by atoms with Crippen molar-refractivity contribution >= 4 is 11.6 Å². The molecule has 0 fully saturated rings. The Kier molecular flexibility index (Phi) is 4.93. The number of nitrogens with one attached hydrogen (secondary N) is 1. The average Bonchev–Trinajstić information content (AvgIpc) is 2.55. The molecular formula is C19H24N4. The number of benzene rings is 2. The van der Waals surface area contributed by atoms with Gasteiger partial charge in [0.05, 0.1) is 6.54 Å². The van der Waals surface area contributed by atoms with Crippen LogP contribution in [0.5, 0.6) is 0 Å². The molecule has 120 valence electrons. The van der Waals surface area contributed by atoms with E-state index in [4.69, 9.17) is 5.73 Å². The first-order chi connectivity index (χ1) is 11.2. The molecule has 4 nitrogen and oxygen atoms in total. The molecular weight excluding hydrogens is 284 g/mol. The van der Waals surface area contributed by atoms with E-state index >= 15 is 0 Å². The summed E-state index contributed by atoms with van der Waals surface area (Å²) in [6.07, 6.45) is 1.12. The number of nitrogens with two attached hydrogens (primary N) is 1. The van der Waals surface area contributed by atoms with E-state index in [1.165, 1.54) is 16.7 Å². The van der Waals surface area contributed by atoms with E-state index in [1.54, 1.807) is 0 Å². The summed E-state index contributed by atoms with van der Waals surface area (Å²) in [6, 6.07) is 16.8. The van der Waals surface area contributed by atoms with Gasteiger partial charge in [-0.25, -0.2) is 0 Å². The third-order valence-corrected chi connectivity index (χ3v) is 4.20. The lowest BCUT2D eigenvalue weighted by atomic mass is 10.0. The Morgan fingerprint density at radius 3 is 2.83 bits per heavy atom. The van der Waals surface area contributed by atoms with Crippen LogP contribution in [0.25, 0.3) is 0 Å². The molecule has 0 unspecified atom stereocenters. The summed E-state index contributed by atoms with van der Waals surface area (Å²) in [5.41, 5.74) is 11.1. The summed E-state index contributed by atoms with van der Waals surface area (Å²) in [4.78, 5) is 6.88. The third-order valence-electron chi connectivity index (χ3n) is 4.20. The molecule has 1 aliphatic rings. The van der Waals surface area contributed by atoms with Crippen LogP contribution in [0.1, 0.15) is 16.7 Å². The lowest BCUT2D eigenvalue weighted by molar-refractivity contribution is 0.262. The molecule has 0 radical (unpaired) electrons. The minimum absolute atomic E-state index is 0.480. The van der Waals surface area contributed by atoms with E-state index in [0.29, 0.717) is 12.5 Å². The van der Waals surface area contributed by atoms with Crippen LogP contribution in [0, 0.1) is 6.92 Å². The van der Waals surface area contributed by atoms with Gasteiger partial charge >= 0.3 is 0 Å². The fourth-order valence-corrected chi connectivity index (χ4v) is 2.97. The van der Waals surface area contributed by atoms with Crippen molar-refractivity contribution in [3.63, 3.8) is 0 Å². The van der Waals surface area contributed by atoms with E-state index in [9.17, 15) is 0 Å². The molecule has 0 aromatic heterocycles. The number of guanidine groups is 1.